The third kappa shape index (κ3) is 3.02. The molecule has 0 unspecified atom stereocenters. The molecule has 3 aromatic heterocycles. The molecule has 0 amide bonds. The first-order chi connectivity index (χ1) is 10.3. The molecule has 0 aromatic carbocycles. The number of thiazole rings is 1. The summed E-state index contributed by atoms with van der Waals surface area (Å²) in [6, 6.07) is 0. The van der Waals surface area contributed by atoms with Gasteiger partial charge < -0.3 is 15.6 Å². The van der Waals surface area contributed by atoms with Crippen molar-refractivity contribution in [2.45, 2.75) is 19.9 Å². The minimum atomic E-state index is -0.0618. The van der Waals surface area contributed by atoms with Gasteiger partial charge in [0.1, 0.15) is 5.82 Å². The van der Waals surface area contributed by atoms with E-state index in [9.17, 15) is 4.79 Å². The Hall–Kier alpha value is -2.42. The molecule has 0 spiro atoms. The van der Waals surface area contributed by atoms with Crippen molar-refractivity contribution in [2.24, 2.45) is 0 Å². The highest BCUT2D eigenvalue weighted by Crippen LogP contribution is 2.20. The molecule has 3 heterocycles. The Bertz CT molecular complexity index is 790. The van der Waals surface area contributed by atoms with Crippen LogP contribution in [0.3, 0.4) is 0 Å². The van der Waals surface area contributed by atoms with Crippen molar-refractivity contribution in [3.05, 3.63) is 26.9 Å². The van der Waals surface area contributed by atoms with E-state index in [1.165, 1.54) is 0 Å². The lowest BCUT2D eigenvalue weighted by molar-refractivity contribution is 0.952. The number of aromatic amines is 2. The summed E-state index contributed by atoms with van der Waals surface area (Å²) in [4.78, 5) is 22.6. The van der Waals surface area contributed by atoms with Crippen LogP contribution in [0.4, 0.5) is 11.8 Å². The molecular weight excluding hydrogens is 290 g/mol. The van der Waals surface area contributed by atoms with Crippen LogP contribution in [-0.4, -0.2) is 31.7 Å². The summed E-state index contributed by atoms with van der Waals surface area (Å²) in [5.74, 6) is 1.23. The molecule has 0 aliphatic rings. The van der Waals surface area contributed by atoms with Gasteiger partial charge in [-0.1, -0.05) is 18.3 Å². The fourth-order valence-electron chi connectivity index (χ4n) is 1.86. The van der Waals surface area contributed by atoms with Gasteiger partial charge in [-0.05, 0) is 6.42 Å². The Morgan fingerprint density at radius 3 is 3.00 bits per heavy atom. The lowest BCUT2D eigenvalue weighted by atomic mass is 10.3. The molecule has 8 nitrogen and oxygen atoms in total. The van der Waals surface area contributed by atoms with Crippen molar-refractivity contribution < 1.29 is 0 Å². The topological polar surface area (TPSA) is 111 Å². The molecular formula is C12H15N7OS. The second kappa shape index (κ2) is 5.92. The van der Waals surface area contributed by atoms with Crippen LogP contribution >= 0.6 is 11.3 Å². The third-order valence-corrected chi connectivity index (χ3v) is 3.58. The summed E-state index contributed by atoms with van der Waals surface area (Å²) in [6.07, 6.45) is 2.67. The predicted molar refractivity (Wildman–Crippen MR) is 82.7 cm³/mol. The zero-order valence-electron chi connectivity index (χ0n) is 11.4. The van der Waals surface area contributed by atoms with Crippen molar-refractivity contribution in [1.82, 2.24) is 25.1 Å². The number of nitrogens with zero attached hydrogens (tertiary/aromatic N) is 3. The first-order valence-corrected chi connectivity index (χ1v) is 7.49. The molecule has 4 N–H and O–H groups in total. The maximum atomic E-state index is 11.1. The zero-order chi connectivity index (χ0) is 14.7. The Balaban J connectivity index is 1.84. The fraction of sp³-hybridized carbons (Fsp3) is 0.333. The third-order valence-electron chi connectivity index (χ3n) is 2.86. The van der Waals surface area contributed by atoms with E-state index < -0.39 is 0 Å². The van der Waals surface area contributed by atoms with Gasteiger partial charge >= 0.3 is 4.87 Å². The average molecular weight is 305 g/mol. The van der Waals surface area contributed by atoms with E-state index in [1.54, 1.807) is 11.6 Å². The number of hydrogen-bond acceptors (Lipinski definition) is 7. The normalized spacial score (nSPS) is 10.9. The molecule has 0 bridgehead atoms. The molecule has 0 aliphatic heterocycles. The van der Waals surface area contributed by atoms with Crippen LogP contribution in [0.2, 0.25) is 0 Å². The standard InChI is InChI=1S/C12H15N7OS/c1-2-3-13-11-17-9(8-5-15-19-10(8)18-11)14-4-7-6-21-12(20)16-7/h5-6H,2-4H2,1H3,(H,16,20)(H3,13,14,15,17,18,19). The van der Waals surface area contributed by atoms with Crippen molar-refractivity contribution in [1.29, 1.82) is 0 Å². The van der Waals surface area contributed by atoms with E-state index >= 15 is 0 Å². The summed E-state index contributed by atoms with van der Waals surface area (Å²) < 4.78 is 0. The van der Waals surface area contributed by atoms with E-state index in [1.807, 2.05) is 0 Å². The van der Waals surface area contributed by atoms with Crippen molar-refractivity contribution in [2.75, 3.05) is 17.2 Å². The van der Waals surface area contributed by atoms with E-state index in [4.69, 9.17) is 0 Å². The molecule has 110 valence electrons. The van der Waals surface area contributed by atoms with Gasteiger partial charge in [0.05, 0.1) is 18.1 Å². The second-order valence-corrected chi connectivity index (χ2v) is 5.32. The summed E-state index contributed by atoms with van der Waals surface area (Å²) >= 11 is 1.14. The van der Waals surface area contributed by atoms with Gasteiger partial charge in [0, 0.05) is 17.6 Å². The van der Waals surface area contributed by atoms with Crippen LogP contribution in [0.5, 0.6) is 0 Å². The van der Waals surface area contributed by atoms with Crippen molar-refractivity contribution in [3.8, 4) is 0 Å². The van der Waals surface area contributed by atoms with Gasteiger partial charge in [-0.15, -0.1) is 0 Å². The van der Waals surface area contributed by atoms with Gasteiger partial charge in [-0.25, -0.2) is 0 Å². The smallest absolute Gasteiger partial charge is 0.304 e. The monoisotopic (exact) mass is 305 g/mol. The highest BCUT2D eigenvalue weighted by molar-refractivity contribution is 7.07. The molecule has 21 heavy (non-hydrogen) atoms. The molecule has 0 saturated carbocycles. The van der Waals surface area contributed by atoms with E-state index in [2.05, 4.69) is 42.7 Å². The first kappa shape index (κ1) is 13.6. The predicted octanol–water partition coefficient (Wildman–Crippen LogP) is 1.54. The zero-order valence-corrected chi connectivity index (χ0v) is 12.3. The summed E-state index contributed by atoms with van der Waals surface area (Å²) in [5.41, 5.74) is 1.49. The maximum Gasteiger partial charge on any atom is 0.304 e. The fourth-order valence-corrected chi connectivity index (χ4v) is 2.45. The highest BCUT2D eigenvalue weighted by Gasteiger charge is 2.09. The van der Waals surface area contributed by atoms with Crippen LogP contribution in [0.1, 0.15) is 19.0 Å². The minimum absolute atomic E-state index is 0.0618. The number of rotatable bonds is 6. The lowest BCUT2D eigenvalue weighted by Crippen LogP contribution is -2.09. The Morgan fingerprint density at radius 2 is 2.24 bits per heavy atom. The van der Waals surface area contributed by atoms with E-state index in [0.29, 0.717) is 24.0 Å². The Labute approximate surface area is 124 Å². The van der Waals surface area contributed by atoms with E-state index in [-0.39, 0.29) is 4.87 Å². The number of aromatic nitrogens is 5. The Morgan fingerprint density at radius 1 is 1.33 bits per heavy atom. The summed E-state index contributed by atoms with van der Waals surface area (Å²) in [7, 11) is 0. The molecule has 0 aliphatic carbocycles. The van der Waals surface area contributed by atoms with Gasteiger partial charge in [-0.3, -0.25) is 9.89 Å². The van der Waals surface area contributed by atoms with Gasteiger partial charge in [-0.2, -0.15) is 15.1 Å². The maximum absolute atomic E-state index is 11.1. The molecule has 0 fully saturated rings. The quantitative estimate of drug-likeness (QED) is 0.549. The van der Waals surface area contributed by atoms with Crippen molar-refractivity contribution >= 4 is 34.1 Å². The lowest BCUT2D eigenvalue weighted by Gasteiger charge is -2.08. The van der Waals surface area contributed by atoms with Crippen LogP contribution in [-0.2, 0) is 6.54 Å². The summed E-state index contributed by atoms with van der Waals surface area (Å²) in [6.45, 7) is 3.37. The largest absolute Gasteiger partial charge is 0.364 e. The van der Waals surface area contributed by atoms with Crippen LogP contribution in [0, 0.1) is 0 Å². The van der Waals surface area contributed by atoms with Crippen LogP contribution in [0.15, 0.2) is 16.4 Å². The van der Waals surface area contributed by atoms with Crippen LogP contribution < -0.4 is 15.5 Å². The SMILES string of the molecule is CCCNc1nc(NCc2csc(=O)[nH]2)c2cn[nH]c2n1. The van der Waals surface area contributed by atoms with Gasteiger partial charge in [0.15, 0.2) is 5.65 Å². The number of anilines is 2. The molecule has 0 radical (unpaired) electrons. The van der Waals surface area contributed by atoms with E-state index in [0.717, 1.165) is 35.4 Å². The molecule has 3 rings (SSSR count). The number of H-pyrrole nitrogens is 2. The van der Waals surface area contributed by atoms with Gasteiger partial charge in [0.25, 0.3) is 0 Å². The molecule has 0 atom stereocenters. The average Bonchev–Trinajstić information content (AvgIpc) is 3.11. The van der Waals surface area contributed by atoms with Gasteiger partial charge in [0.2, 0.25) is 5.95 Å². The number of nitrogens with one attached hydrogen (secondary N) is 4. The first-order valence-electron chi connectivity index (χ1n) is 6.62. The Kier molecular flexibility index (Phi) is 3.82. The highest BCUT2D eigenvalue weighted by atomic mass is 32.1. The number of hydrogen-bond donors (Lipinski definition) is 4. The molecule has 0 saturated heterocycles. The number of fused-ring (bicyclic) bond motifs is 1. The van der Waals surface area contributed by atoms with Crippen molar-refractivity contribution in [3.63, 3.8) is 0 Å². The second-order valence-electron chi connectivity index (χ2n) is 4.48. The molecule has 3 aromatic rings. The minimum Gasteiger partial charge on any atom is -0.364 e. The summed E-state index contributed by atoms with van der Waals surface area (Å²) in [5, 5.41) is 15.8. The molecule has 9 heteroatoms. The van der Waals surface area contributed by atoms with Crippen LogP contribution in [0.25, 0.3) is 11.0 Å².